The van der Waals surface area contributed by atoms with E-state index in [0.717, 1.165) is 11.7 Å². The number of piperazine rings is 1. The number of nitrogens with one attached hydrogen (secondary N) is 1. The summed E-state index contributed by atoms with van der Waals surface area (Å²) >= 11 is 0. The van der Waals surface area contributed by atoms with Crippen LogP contribution in [-0.4, -0.2) is 81.8 Å². The van der Waals surface area contributed by atoms with E-state index in [4.69, 9.17) is 0 Å². The highest BCUT2D eigenvalue weighted by Crippen LogP contribution is 2.13. The highest BCUT2D eigenvalue weighted by atomic mass is 32.2. The van der Waals surface area contributed by atoms with Crippen LogP contribution in [0.15, 0.2) is 54.2 Å². The van der Waals surface area contributed by atoms with Crippen LogP contribution in [0, 0.1) is 0 Å². The fourth-order valence-electron chi connectivity index (χ4n) is 3.34. The number of carbonyl (C=O) groups excluding carboxylic acids is 1. The van der Waals surface area contributed by atoms with Crippen LogP contribution < -0.4 is 9.62 Å². The van der Waals surface area contributed by atoms with Crippen molar-refractivity contribution in [1.29, 1.82) is 0 Å². The zero-order valence-corrected chi connectivity index (χ0v) is 19.9. The molecular weight excluding hydrogens is 466 g/mol. The number of benzene rings is 1. The molecule has 33 heavy (non-hydrogen) atoms. The molecule has 0 radical (unpaired) electrons. The van der Waals surface area contributed by atoms with Crippen molar-refractivity contribution in [2.24, 2.45) is 0 Å². The Morgan fingerprint density at radius 3 is 2.27 bits per heavy atom. The number of hydrogen-bond acceptors (Lipinski definition) is 8. The average Bonchev–Trinajstić information content (AvgIpc) is 2.81. The summed E-state index contributed by atoms with van der Waals surface area (Å²) in [5, 5.41) is 0.980. The number of sulfonamides is 1. The highest BCUT2D eigenvalue weighted by Gasteiger charge is 2.31. The Balaban J connectivity index is 1.69. The third-order valence-corrected chi connectivity index (χ3v) is 7.13. The second-order valence-electron chi connectivity index (χ2n) is 7.71. The molecule has 3 rings (SSSR count). The molecule has 1 aliphatic heterocycles. The molecule has 2 heterocycles. The summed E-state index contributed by atoms with van der Waals surface area (Å²) in [5.74, 6) is -0.208. The van der Waals surface area contributed by atoms with Gasteiger partial charge in [-0.15, -0.1) is 0 Å². The third-order valence-electron chi connectivity index (χ3n) is 5.05. The van der Waals surface area contributed by atoms with Crippen molar-refractivity contribution in [3.63, 3.8) is 0 Å². The van der Waals surface area contributed by atoms with Gasteiger partial charge in [0.25, 0.3) is 0 Å². The molecule has 1 amide bonds. The number of sulfone groups is 1. The van der Waals surface area contributed by atoms with Gasteiger partial charge in [0.15, 0.2) is 0 Å². The monoisotopic (exact) mass is 493 g/mol. The maximum Gasteiger partial charge on any atom is 0.240 e. The van der Waals surface area contributed by atoms with E-state index in [-0.39, 0.29) is 12.2 Å². The Labute approximate surface area is 194 Å². The minimum absolute atomic E-state index is 0.155. The van der Waals surface area contributed by atoms with Gasteiger partial charge in [-0.3, -0.25) is 4.79 Å². The largest absolute Gasteiger partial charge is 0.338 e. The fourth-order valence-corrected chi connectivity index (χ4v) is 5.03. The number of anilines is 1. The first-order valence-corrected chi connectivity index (χ1v) is 14.0. The summed E-state index contributed by atoms with van der Waals surface area (Å²) in [5.41, 5.74) is 0.682. The molecule has 1 fully saturated rings. The lowest BCUT2D eigenvalue weighted by atomic mass is 10.2. The molecule has 12 heteroatoms. The standard InChI is InChI=1S/C21H27N5O5S2/c1-32(28,29)16-9-19(24-33(30,31)17-8-18-6-3-2-4-7-18)20(27)25-12-14-26(15-13-25)21-22-10-5-11-23-21/h2-8,10-11,17,19,24H,9,12-16H2,1H3/b17-8+. The maximum atomic E-state index is 13.1. The van der Waals surface area contributed by atoms with E-state index < -0.39 is 31.8 Å². The lowest BCUT2D eigenvalue weighted by Crippen LogP contribution is -2.55. The smallest absolute Gasteiger partial charge is 0.240 e. The van der Waals surface area contributed by atoms with Gasteiger partial charge in [0.2, 0.25) is 21.9 Å². The van der Waals surface area contributed by atoms with Crippen molar-refractivity contribution in [3.8, 4) is 0 Å². The molecule has 0 saturated carbocycles. The molecule has 1 unspecified atom stereocenters. The molecule has 10 nitrogen and oxygen atoms in total. The van der Waals surface area contributed by atoms with Crippen molar-refractivity contribution in [3.05, 3.63) is 59.8 Å². The van der Waals surface area contributed by atoms with Crippen LogP contribution in [0.1, 0.15) is 12.0 Å². The lowest BCUT2D eigenvalue weighted by Gasteiger charge is -2.36. The van der Waals surface area contributed by atoms with Crippen molar-refractivity contribution in [2.75, 3.05) is 43.1 Å². The first kappa shape index (κ1) is 24.8. The number of carbonyl (C=O) groups is 1. The second-order valence-corrected chi connectivity index (χ2v) is 11.6. The Kier molecular flexibility index (Phi) is 8.16. The molecule has 1 aliphatic rings. The van der Waals surface area contributed by atoms with E-state index in [9.17, 15) is 21.6 Å². The number of nitrogens with zero attached hydrogens (tertiary/aromatic N) is 4. The van der Waals surface area contributed by atoms with Gasteiger partial charge in [-0.25, -0.2) is 26.8 Å². The van der Waals surface area contributed by atoms with Crippen LogP contribution in [0.2, 0.25) is 0 Å². The number of hydrogen-bond donors (Lipinski definition) is 1. The van der Waals surface area contributed by atoms with Crippen molar-refractivity contribution in [1.82, 2.24) is 19.6 Å². The molecular formula is C21H27N5O5S2. The van der Waals surface area contributed by atoms with Crippen LogP contribution in [0.4, 0.5) is 5.95 Å². The molecule has 1 saturated heterocycles. The van der Waals surface area contributed by atoms with Crippen LogP contribution in [0.3, 0.4) is 0 Å². The van der Waals surface area contributed by atoms with E-state index >= 15 is 0 Å². The Bertz CT molecular complexity index is 1160. The van der Waals surface area contributed by atoms with Crippen LogP contribution in [0.5, 0.6) is 0 Å². The van der Waals surface area contributed by atoms with Crippen LogP contribution >= 0.6 is 0 Å². The number of aromatic nitrogens is 2. The zero-order chi connectivity index (χ0) is 23.9. The topological polar surface area (TPSA) is 130 Å². The molecule has 1 atom stereocenters. The number of amides is 1. The van der Waals surface area contributed by atoms with E-state index in [1.807, 2.05) is 11.0 Å². The third kappa shape index (κ3) is 7.91. The molecule has 0 spiro atoms. The Morgan fingerprint density at radius 2 is 1.67 bits per heavy atom. The van der Waals surface area contributed by atoms with E-state index in [0.29, 0.717) is 37.7 Å². The van der Waals surface area contributed by atoms with Crippen molar-refractivity contribution < 1.29 is 21.6 Å². The predicted molar refractivity (Wildman–Crippen MR) is 126 cm³/mol. The maximum absolute atomic E-state index is 13.1. The molecule has 1 N–H and O–H groups in total. The van der Waals surface area contributed by atoms with Crippen LogP contribution in [0.25, 0.3) is 6.08 Å². The van der Waals surface area contributed by atoms with Crippen molar-refractivity contribution >= 4 is 37.8 Å². The highest BCUT2D eigenvalue weighted by molar-refractivity contribution is 7.92. The first-order valence-electron chi connectivity index (χ1n) is 10.4. The van der Waals surface area contributed by atoms with Gasteiger partial charge in [0.1, 0.15) is 15.9 Å². The molecule has 0 aliphatic carbocycles. The summed E-state index contributed by atoms with van der Waals surface area (Å²) in [7, 11) is -7.37. The molecule has 178 valence electrons. The normalized spacial score (nSPS) is 16.2. The van der Waals surface area contributed by atoms with Crippen molar-refractivity contribution in [2.45, 2.75) is 12.5 Å². The van der Waals surface area contributed by atoms with E-state index in [2.05, 4.69) is 14.7 Å². The summed E-state index contributed by atoms with van der Waals surface area (Å²) in [6.45, 7) is 1.65. The summed E-state index contributed by atoms with van der Waals surface area (Å²) < 4.78 is 51.0. The lowest BCUT2D eigenvalue weighted by molar-refractivity contribution is -0.133. The minimum Gasteiger partial charge on any atom is -0.338 e. The summed E-state index contributed by atoms with van der Waals surface area (Å²) in [4.78, 5) is 25.0. The zero-order valence-electron chi connectivity index (χ0n) is 18.2. The minimum atomic E-state index is -3.99. The SMILES string of the molecule is CS(=O)(=O)CCC(NS(=O)(=O)/C=C/c1ccccc1)C(=O)N1CCN(c2ncccn2)CC1. The molecule has 1 aromatic carbocycles. The van der Waals surface area contributed by atoms with Gasteiger partial charge in [0, 0.05) is 50.2 Å². The average molecular weight is 494 g/mol. The Morgan fingerprint density at radius 1 is 1.03 bits per heavy atom. The van der Waals surface area contributed by atoms with Gasteiger partial charge >= 0.3 is 0 Å². The van der Waals surface area contributed by atoms with E-state index in [1.54, 1.807) is 42.7 Å². The second kappa shape index (κ2) is 10.9. The quantitative estimate of drug-likeness (QED) is 0.535. The van der Waals surface area contributed by atoms with Gasteiger partial charge in [-0.2, -0.15) is 4.72 Å². The van der Waals surface area contributed by atoms with Gasteiger partial charge in [0.05, 0.1) is 5.75 Å². The summed E-state index contributed by atoms with van der Waals surface area (Å²) in [6, 6.07) is 9.38. The van der Waals surface area contributed by atoms with Gasteiger partial charge < -0.3 is 9.80 Å². The van der Waals surface area contributed by atoms with E-state index in [1.165, 1.54) is 11.0 Å². The van der Waals surface area contributed by atoms with Gasteiger partial charge in [-0.1, -0.05) is 30.3 Å². The predicted octanol–water partition coefficient (Wildman–Crippen LogP) is 0.519. The molecule has 1 aromatic heterocycles. The summed E-state index contributed by atoms with van der Waals surface area (Å²) in [6.07, 6.45) is 5.59. The van der Waals surface area contributed by atoms with Gasteiger partial charge in [-0.05, 0) is 24.1 Å². The Hall–Kier alpha value is -2.83. The molecule has 2 aromatic rings. The van der Waals surface area contributed by atoms with Crippen LogP contribution in [-0.2, 0) is 24.7 Å². The number of rotatable bonds is 9. The fraction of sp³-hybridized carbons (Fsp3) is 0.381. The molecule has 0 bridgehead atoms. The first-order chi connectivity index (χ1) is 15.6.